The molecule has 178 valence electrons. The summed E-state index contributed by atoms with van der Waals surface area (Å²) >= 11 is 0. The topological polar surface area (TPSA) is 82.2 Å². The third-order valence-corrected chi connectivity index (χ3v) is 7.91. The molecule has 0 radical (unpaired) electrons. The molecule has 3 saturated heterocycles. The van der Waals surface area contributed by atoms with E-state index in [2.05, 4.69) is 22.0 Å². The second kappa shape index (κ2) is 9.06. The number of amides is 2. The van der Waals surface area contributed by atoms with Gasteiger partial charge in [-0.1, -0.05) is 19.8 Å². The van der Waals surface area contributed by atoms with Crippen molar-refractivity contribution >= 4 is 23.3 Å². The van der Waals surface area contributed by atoms with Crippen LogP contribution in [0.15, 0.2) is 24.3 Å². The molecule has 3 heterocycles. The highest BCUT2D eigenvalue weighted by molar-refractivity contribution is 6.01. The number of hydrogen-bond donors (Lipinski definition) is 1. The maximum absolute atomic E-state index is 13.6. The summed E-state index contributed by atoms with van der Waals surface area (Å²) in [6.45, 7) is 7.93. The molecule has 1 saturated carbocycles. The number of nitrogens with zero attached hydrogens (tertiary/aromatic N) is 3. The van der Waals surface area contributed by atoms with Gasteiger partial charge in [0.25, 0.3) is 5.91 Å². The van der Waals surface area contributed by atoms with E-state index in [1.54, 1.807) is 4.90 Å². The van der Waals surface area contributed by atoms with E-state index >= 15 is 0 Å². The van der Waals surface area contributed by atoms with Gasteiger partial charge in [-0.3, -0.25) is 14.4 Å². The first-order valence-electron chi connectivity index (χ1n) is 12.4. The third-order valence-electron chi connectivity index (χ3n) is 7.91. The molecule has 33 heavy (non-hydrogen) atoms. The molecule has 4 aliphatic rings. The van der Waals surface area contributed by atoms with Gasteiger partial charge in [-0.15, -0.1) is 0 Å². The van der Waals surface area contributed by atoms with Crippen molar-refractivity contribution in [2.45, 2.75) is 56.7 Å². The van der Waals surface area contributed by atoms with Crippen LogP contribution in [0, 0.1) is 0 Å². The van der Waals surface area contributed by atoms with Gasteiger partial charge in [-0.2, -0.15) is 0 Å². The van der Waals surface area contributed by atoms with Crippen LogP contribution in [0.5, 0.6) is 0 Å². The molecule has 3 aliphatic heterocycles. The highest BCUT2D eigenvalue weighted by Crippen LogP contribution is 2.36. The van der Waals surface area contributed by atoms with E-state index in [4.69, 9.17) is 4.74 Å². The Labute approximate surface area is 195 Å². The summed E-state index contributed by atoms with van der Waals surface area (Å²) in [4.78, 5) is 45.6. The van der Waals surface area contributed by atoms with E-state index < -0.39 is 11.6 Å². The number of fused-ring (bicyclic) bond motifs is 1. The number of ketones is 1. The summed E-state index contributed by atoms with van der Waals surface area (Å²) in [7, 11) is 0. The lowest BCUT2D eigenvalue weighted by Gasteiger charge is -2.36. The van der Waals surface area contributed by atoms with E-state index in [0.717, 1.165) is 51.3 Å². The summed E-state index contributed by atoms with van der Waals surface area (Å²) in [5, 5.41) is 3.09. The van der Waals surface area contributed by atoms with Gasteiger partial charge in [0.2, 0.25) is 5.91 Å². The zero-order valence-electron chi connectivity index (χ0n) is 19.4. The van der Waals surface area contributed by atoms with Crippen molar-refractivity contribution in [1.29, 1.82) is 0 Å². The molecule has 4 fully saturated rings. The van der Waals surface area contributed by atoms with Crippen LogP contribution >= 0.6 is 0 Å². The summed E-state index contributed by atoms with van der Waals surface area (Å²) < 4.78 is 5.55. The van der Waals surface area contributed by atoms with Gasteiger partial charge in [0, 0.05) is 44.0 Å². The zero-order valence-corrected chi connectivity index (χ0v) is 19.4. The fraction of sp³-hybridized carbons (Fsp3) is 0.640. The van der Waals surface area contributed by atoms with Gasteiger partial charge in [-0.05, 0) is 50.1 Å². The van der Waals surface area contributed by atoms with E-state index in [0.29, 0.717) is 31.4 Å². The Morgan fingerprint density at radius 2 is 1.76 bits per heavy atom. The van der Waals surface area contributed by atoms with Crippen molar-refractivity contribution in [3.8, 4) is 0 Å². The zero-order chi connectivity index (χ0) is 23.0. The van der Waals surface area contributed by atoms with Crippen molar-refractivity contribution in [2.75, 3.05) is 50.8 Å². The molecule has 2 amide bonds. The van der Waals surface area contributed by atoms with Crippen LogP contribution < -0.4 is 10.2 Å². The van der Waals surface area contributed by atoms with Gasteiger partial charge in [0.15, 0.2) is 5.78 Å². The smallest absolute Gasteiger partial charge is 0.252 e. The second-order valence-electron chi connectivity index (χ2n) is 9.76. The number of carbonyl (C=O) groups is 3. The minimum absolute atomic E-state index is 0.0271. The number of nitrogens with one attached hydrogen (secondary N) is 1. The molecular weight excluding hydrogens is 420 g/mol. The second-order valence-corrected chi connectivity index (χ2v) is 9.76. The highest BCUT2D eigenvalue weighted by Gasteiger charge is 2.53. The fourth-order valence-corrected chi connectivity index (χ4v) is 5.90. The Morgan fingerprint density at radius 1 is 1.06 bits per heavy atom. The highest BCUT2D eigenvalue weighted by atomic mass is 16.5. The van der Waals surface area contributed by atoms with Crippen LogP contribution in [0.3, 0.4) is 0 Å². The number of likely N-dealkylation sites (tertiary alicyclic amines) is 1. The predicted octanol–water partition coefficient (Wildman–Crippen LogP) is 1.44. The van der Waals surface area contributed by atoms with Crippen molar-refractivity contribution in [3.63, 3.8) is 0 Å². The van der Waals surface area contributed by atoms with Gasteiger partial charge in [0.1, 0.15) is 18.2 Å². The first-order chi connectivity index (χ1) is 16.0. The number of piperazine rings is 1. The molecule has 8 nitrogen and oxygen atoms in total. The normalized spacial score (nSPS) is 27.1. The molecule has 1 aromatic rings. The summed E-state index contributed by atoms with van der Waals surface area (Å²) in [6.07, 6.45) is 3.49. The van der Waals surface area contributed by atoms with Gasteiger partial charge in [0.05, 0.1) is 6.10 Å². The molecule has 5 rings (SSSR count). The standard InChI is InChI=1S/C25H34N4O4/c1-2-27-13-15-28(16-14-27)19-7-5-18(6-8-19)23(31)26-25(10-3-4-11-25)24(32)29-12-9-21-22(29)20(30)17-33-21/h5-8,21-22H,2-4,9-17H2,1H3,(H,26,31)/t21-,22-/m1/s1. The molecule has 0 unspecified atom stereocenters. The molecule has 1 aliphatic carbocycles. The number of hydrogen-bond acceptors (Lipinski definition) is 6. The third kappa shape index (κ3) is 4.15. The molecule has 0 aromatic heterocycles. The maximum atomic E-state index is 13.6. The molecule has 0 bridgehead atoms. The fourth-order valence-electron chi connectivity index (χ4n) is 5.90. The van der Waals surface area contributed by atoms with Crippen molar-refractivity contribution in [1.82, 2.24) is 15.1 Å². The number of anilines is 1. The van der Waals surface area contributed by atoms with Crippen LogP contribution in [-0.2, 0) is 14.3 Å². The molecule has 2 atom stereocenters. The van der Waals surface area contributed by atoms with Crippen LogP contribution in [0.2, 0.25) is 0 Å². The molecular formula is C25H34N4O4. The number of carbonyl (C=O) groups excluding carboxylic acids is 3. The molecule has 1 aromatic carbocycles. The Morgan fingerprint density at radius 3 is 2.42 bits per heavy atom. The van der Waals surface area contributed by atoms with E-state index in [9.17, 15) is 14.4 Å². The Hall–Kier alpha value is -2.45. The molecule has 0 spiro atoms. The first-order valence-corrected chi connectivity index (χ1v) is 12.4. The monoisotopic (exact) mass is 454 g/mol. The van der Waals surface area contributed by atoms with E-state index in [1.165, 1.54) is 0 Å². The van der Waals surface area contributed by atoms with Crippen molar-refractivity contribution in [2.24, 2.45) is 0 Å². The minimum atomic E-state index is -0.927. The lowest BCUT2D eigenvalue weighted by Crippen LogP contribution is -2.60. The van der Waals surface area contributed by atoms with Crippen LogP contribution in [-0.4, -0.2) is 91.0 Å². The Balaban J connectivity index is 1.27. The average Bonchev–Trinajstić information content (AvgIpc) is 3.58. The lowest BCUT2D eigenvalue weighted by atomic mass is 9.93. The van der Waals surface area contributed by atoms with E-state index in [-0.39, 0.29) is 30.3 Å². The summed E-state index contributed by atoms with van der Waals surface area (Å²) in [6, 6.07) is 7.21. The largest absolute Gasteiger partial charge is 0.369 e. The number of rotatable bonds is 5. The quantitative estimate of drug-likeness (QED) is 0.725. The molecule has 8 heteroatoms. The summed E-state index contributed by atoms with van der Waals surface area (Å²) in [5.41, 5.74) is 0.755. The van der Waals surface area contributed by atoms with Gasteiger partial charge >= 0.3 is 0 Å². The van der Waals surface area contributed by atoms with Crippen LogP contribution in [0.1, 0.15) is 49.4 Å². The lowest BCUT2D eigenvalue weighted by molar-refractivity contribution is -0.142. The first kappa shape index (κ1) is 22.3. The van der Waals surface area contributed by atoms with Crippen LogP contribution in [0.4, 0.5) is 5.69 Å². The number of likely N-dealkylation sites (N-methyl/N-ethyl adjacent to an activating group) is 1. The average molecular weight is 455 g/mol. The van der Waals surface area contributed by atoms with Gasteiger partial charge < -0.3 is 24.8 Å². The number of ether oxygens (including phenoxy) is 1. The Kier molecular flexibility index (Phi) is 6.14. The maximum Gasteiger partial charge on any atom is 0.252 e. The molecule has 1 N–H and O–H groups in total. The number of Topliss-reactive ketones (excluding diaryl/α,β-unsaturated/α-hetero) is 1. The van der Waals surface area contributed by atoms with Crippen molar-refractivity contribution < 1.29 is 19.1 Å². The minimum Gasteiger partial charge on any atom is -0.369 e. The summed E-state index contributed by atoms with van der Waals surface area (Å²) in [5.74, 6) is -0.372. The predicted molar refractivity (Wildman–Crippen MR) is 124 cm³/mol. The number of benzene rings is 1. The van der Waals surface area contributed by atoms with Crippen LogP contribution in [0.25, 0.3) is 0 Å². The van der Waals surface area contributed by atoms with Crippen molar-refractivity contribution in [3.05, 3.63) is 29.8 Å². The van der Waals surface area contributed by atoms with E-state index in [1.807, 2.05) is 24.3 Å². The Bertz CT molecular complexity index is 903. The van der Waals surface area contributed by atoms with Gasteiger partial charge in [-0.25, -0.2) is 0 Å². The SMILES string of the molecule is CCN1CCN(c2ccc(C(=O)NC3(C(=O)N4CC[C@H]5OCC(=O)[C@H]54)CCCC3)cc2)CC1.